The van der Waals surface area contributed by atoms with E-state index in [0.29, 0.717) is 43.8 Å². The second kappa shape index (κ2) is 22.2. The lowest BCUT2D eigenvalue weighted by atomic mass is 10.1. The van der Waals surface area contributed by atoms with Crippen LogP contribution in [0.15, 0.2) is 121 Å². The molecule has 4 aromatic heterocycles. The van der Waals surface area contributed by atoms with Crippen molar-refractivity contribution in [3.63, 3.8) is 0 Å². The molecule has 0 saturated heterocycles. The highest BCUT2D eigenvalue weighted by Gasteiger charge is 2.14. The summed E-state index contributed by atoms with van der Waals surface area (Å²) >= 11 is 10.6. The Morgan fingerprint density at radius 2 is 1.09 bits per heavy atom. The van der Waals surface area contributed by atoms with Gasteiger partial charge >= 0.3 is 0 Å². The van der Waals surface area contributed by atoms with Crippen molar-refractivity contribution >= 4 is 91.2 Å². The van der Waals surface area contributed by atoms with Crippen molar-refractivity contribution in [2.75, 3.05) is 18.5 Å². The van der Waals surface area contributed by atoms with Gasteiger partial charge in [-0.25, -0.2) is 0 Å². The van der Waals surface area contributed by atoms with Gasteiger partial charge < -0.3 is 20.5 Å². The zero-order valence-corrected chi connectivity index (χ0v) is 40.3. The molecule has 15 heteroatoms. The number of hydrogen-bond acceptors (Lipinski definition) is 8. The lowest BCUT2D eigenvalue weighted by Gasteiger charge is -2.16. The summed E-state index contributed by atoms with van der Waals surface area (Å²) in [5, 5.41) is 6.57. The maximum atomic E-state index is 12.8. The highest BCUT2D eigenvalue weighted by atomic mass is 79.9. The van der Waals surface area contributed by atoms with Crippen LogP contribution in [0.25, 0.3) is 21.5 Å². The molecule has 304 valence electrons. The van der Waals surface area contributed by atoms with E-state index in [2.05, 4.69) is 102 Å². The minimum absolute atomic E-state index is 0.0197. The van der Waals surface area contributed by atoms with E-state index < -0.39 is 16.1 Å². The molecule has 0 spiro atoms. The first-order chi connectivity index (χ1) is 27.0. The first kappa shape index (κ1) is 46.4. The smallest absolute Gasteiger partial charge is 0.260 e. The Morgan fingerprint density at radius 3 is 1.54 bits per heavy atom. The van der Waals surface area contributed by atoms with Gasteiger partial charge in [0.25, 0.3) is 11.1 Å². The number of aromatic nitrogens is 4. The van der Waals surface area contributed by atoms with Crippen molar-refractivity contribution in [1.29, 1.82) is 0 Å². The predicted molar refractivity (Wildman–Crippen MR) is 251 cm³/mol. The van der Waals surface area contributed by atoms with E-state index in [4.69, 9.17) is 15.2 Å². The van der Waals surface area contributed by atoms with Crippen molar-refractivity contribution in [1.82, 2.24) is 19.1 Å². The van der Waals surface area contributed by atoms with Crippen LogP contribution in [0.1, 0.15) is 11.1 Å². The molecule has 0 fully saturated rings. The van der Waals surface area contributed by atoms with Crippen LogP contribution < -0.4 is 22.2 Å². The van der Waals surface area contributed by atoms with E-state index in [0.717, 1.165) is 53.1 Å². The lowest BCUT2D eigenvalue weighted by molar-refractivity contribution is 0.0849. The molecule has 0 unspecified atom stereocenters. The normalized spacial score (nSPS) is 11.5. The number of fused-ring (bicyclic) bond motifs is 2. The molecule has 3 N–H and O–H groups in total. The van der Waals surface area contributed by atoms with Crippen molar-refractivity contribution in [2.24, 2.45) is 5.73 Å². The number of halogens is 3. The van der Waals surface area contributed by atoms with E-state index in [-0.39, 0.29) is 17.8 Å². The molecule has 2 aromatic carbocycles. The van der Waals surface area contributed by atoms with Crippen LogP contribution in [0, 0.1) is 0 Å². The summed E-state index contributed by atoms with van der Waals surface area (Å²) in [6.45, 7) is 17.2. The number of anilines is 1. The molecular weight excluding hydrogens is 948 g/mol. The van der Waals surface area contributed by atoms with Gasteiger partial charge in [-0.15, -0.1) is 0 Å². The molecule has 0 radical (unpaired) electrons. The number of nitrogens with two attached hydrogens (primary N) is 1. The molecule has 6 rings (SSSR count). The third-order valence-corrected chi connectivity index (χ3v) is 13.9. The van der Waals surface area contributed by atoms with E-state index in [1.807, 2.05) is 66.9 Å². The average Bonchev–Trinajstić information content (AvgIpc) is 3.18. The largest absolute Gasteiger partial charge is 0.381 e. The standard InChI is InChI=1S/C21H26BrN3O2Si.C15H19Br2NO2Si.C6H8N2/c1-28(2,3)11-10-27-15-25-14-20(22)19-12-17(4-5-18(19)21(25)26)24-13-16-6-8-23-9-7-16;1-21(2,3)7-6-20-10-18-9-14(17)13-8-11(16)4-5-12(13)15(18)19;7-5-6-1-3-8-4-2-6/h4-9,12,14,24H,10-11,13,15H2,1-3H3;4-5,8-9H,6-7,10H2,1-3H3;1-4H,5,7H2. The number of pyridine rings is 4. The SMILES string of the molecule is C[Si](C)(C)CCOCn1cc(Br)c2cc(Br)ccc2c1=O.C[Si](C)(C)CCOCn1cc(Br)c2cc(NCc3ccncc3)ccc2c1=O.NCc1ccncc1. The van der Waals surface area contributed by atoms with Crippen LogP contribution in [0.4, 0.5) is 5.69 Å². The zero-order valence-electron chi connectivity index (χ0n) is 33.5. The summed E-state index contributed by atoms with van der Waals surface area (Å²) in [4.78, 5) is 33.1. The summed E-state index contributed by atoms with van der Waals surface area (Å²) in [6, 6.07) is 21.4. The minimum Gasteiger partial charge on any atom is -0.381 e. The highest BCUT2D eigenvalue weighted by molar-refractivity contribution is 9.11. The Hall–Kier alpha value is -3.29. The van der Waals surface area contributed by atoms with Crippen LogP contribution in [-0.4, -0.2) is 48.5 Å². The minimum atomic E-state index is -1.13. The monoisotopic (exact) mass is 998 g/mol. The van der Waals surface area contributed by atoms with Crippen molar-refractivity contribution < 1.29 is 9.47 Å². The second-order valence-electron chi connectivity index (χ2n) is 15.9. The fourth-order valence-electron chi connectivity index (χ4n) is 5.28. The van der Waals surface area contributed by atoms with Gasteiger partial charge in [-0.3, -0.25) is 28.7 Å². The number of benzene rings is 2. The zero-order chi connectivity index (χ0) is 41.6. The van der Waals surface area contributed by atoms with E-state index in [1.54, 1.807) is 40.1 Å². The van der Waals surface area contributed by atoms with Gasteiger partial charge in [0.1, 0.15) is 13.5 Å². The van der Waals surface area contributed by atoms with Gasteiger partial charge in [0.2, 0.25) is 0 Å². The van der Waals surface area contributed by atoms with Gasteiger partial charge in [0, 0.05) is 120 Å². The fourth-order valence-corrected chi connectivity index (χ4v) is 8.30. The Kier molecular flexibility index (Phi) is 18.1. The summed E-state index contributed by atoms with van der Waals surface area (Å²) < 4.78 is 17.4. The third-order valence-electron chi connectivity index (χ3n) is 8.72. The second-order valence-corrected chi connectivity index (χ2v) is 29.8. The molecule has 4 heterocycles. The molecule has 10 nitrogen and oxygen atoms in total. The van der Waals surface area contributed by atoms with Crippen molar-refractivity contribution in [3.8, 4) is 0 Å². The molecule has 0 aliphatic rings. The maximum absolute atomic E-state index is 12.8. The molecule has 6 aromatic rings. The quantitative estimate of drug-likeness (QED) is 0.0816. The van der Waals surface area contributed by atoms with Gasteiger partial charge in [0.15, 0.2) is 0 Å². The fraction of sp³-hybridized carbons (Fsp3) is 0.333. The van der Waals surface area contributed by atoms with Gasteiger partial charge in [-0.05, 0) is 116 Å². The van der Waals surface area contributed by atoms with Crippen molar-refractivity contribution in [3.05, 3.63) is 143 Å². The summed E-state index contributed by atoms with van der Waals surface area (Å²) in [5.41, 5.74) is 8.51. The summed E-state index contributed by atoms with van der Waals surface area (Å²) in [6.07, 6.45) is 10.6. The highest BCUT2D eigenvalue weighted by Crippen LogP contribution is 2.26. The average molecular weight is 1000 g/mol. The van der Waals surface area contributed by atoms with Crippen LogP contribution in [0.3, 0.4) is 0 Å². The van der Waals surface area contributed by atoms with E-state index in [9.17, 15) is 9.59 Å². The van der Waals surface area contributed by atoms with E-state index >= 15 is 0 Å². The van der Waals surface area contributed by atoms with Crippen molar-refractivity contribution in [2.45, 2.75) is 77.9 Å². The lowest BCUT2D eigenvalue weighted by Crippen LogP contribution is -2.24. The maximum Gasteiger partial charge on any atom is 0.260 e. The third kappa shape index (κ3) is 15.4. The molecule has 0 saturated carbocycles. The van der Waals surface area contributed by atoms with Gasteiger partial charge in [0.05, 0.1) is 0 Å². The molecular formula is C42H53Br3N6O4Si2. The van der Waals surface area contributed by atoms with E-state index in [1.165, 1.54) is 0 Å². The van der Waals surface area contributed by atoms with Crippen LogP contribution >= 0.6 is 47.8 Å². The van der Waals surface area contributed by atoms with Crippen LogP contribution in [0.2, 0.25) is 51.4 Å². The predicted octanol–water partition coefficient (Wildman–Crippen LogP) is 10.5. The molecule has 0 aliphatic heterocycles. The summed E-state index contributed by atoms with van der Waals surface area (Å²) in [7, 11) is -2.23. The Morgan fingerprint density at radius 1 is 0.632 bits per heavy atom. The number of rotatable bonds is 14. The van der Waals surface area contributed by atoms with Gasteiger partial charge in [-0.2, -0.15) is 0 Å². The Labute approximate surface area is 362 Å². The molecule has 0 bridgehead atoms. The number of nitrogens with zero attached hydrogens (tertiary/aromatic N) is 4. The summed E-state index contributed by atoms with van der Waals surface area (Å²) in [5.74, 6) is 0. The number of ether oxygens (including phenoxy) is 2. The Bertz CT molecular complexity index is 2320. The van der Waals surface area contributed by atoms with Crippen LogP contribution in [0.5, 0.6) is 0 Å². The molecule has 0 atom stereocenters. The number of nitrogens with one attached hydrogen (secondary N) is 1. The van der Waals surface area contributed by atoms with Gasteiger partial charge in [-0.1, -0.05) is 55.2 Å². The van der Waals surface area contributed by atoms with Crippen LogP contribution in [-0.2, 0) is 36.0 Å². The molecule has 0 aliphatic carbocycles. The first-order valence-electron chi connectivity index (χ1n) is 18.7. The topological polar surface area (TPSA) is 126 Å². The molecule has 57 heavy (non-hydrogen) atoms. The number of hydrogen-bond donors (Lipinski definition) is 2. The molecule has 0 amide bonds. The Balaban J connectivity index is 0.000000217. The first-order valence-corrected chi connectivity index (χ1v) is 28.5.